The summed E-state index contributed by atoms with van der Waals surface area (Å²) in [6, 6.07) is 12.9. The van der Waals surface area contributed by atoms with Gasteiger partial charge in [0.2, 0.25) is 0 Å². The van der Waals surface area contributed by atoms with E-state index in [1.165, 1.54) is 6.07 Å². The first kappa shape index (κ1) is 19.1. The molecule has 1 amide bonds. The molecule has 1 aromatic heterocycles. The first-order valence-electron chi connectivity index (χ1n) is 9.67. The molecule has 0 aliphatic carbocycles. The highest BCUT2D eigenvalue weighted by molar-refractivity contribution is 9.10. The minimum Gasteiger partial charge on any atom is -0.338 e. The summed E-state index contributed by atoms with van der Waals surface area (Å²) in [5.41, 5.74) is 2.22. The van der Waals surface area contributed by atoms with Crippen molar-refractivity contribution in [3.8, 4) is 0 Å². The number of hydrogen-bond acceptors (Lipinski definition) is 2. The molecule has 1 aliphatic heterocycles. The van der Waals surface area contributed by atoms with Gasteiger partial charge in [-0.05, 0) is 57.0 Å². The molecule has 0 bridgehead atoms. The number of benzene rings is 2. The van der Waals surface area contributed by atoms with Gasteiger partial charge in [-0.25, -0.2) is 9.37 Å². The van der Waals surface area contributed by atoms with Crippen molar-refractivity contribution in [2.75, 3.05) is 13.1 Å². The molecule has 3 aromatic rings. The molecule has 1 atom stereocenters. The predicted molar refractivity (Wildman–Crippen MR) is 112 cm³/mol. The van der Waals surface area contributed by atoms with Crippen LogP contribution in [0.5, 0.6) is 0 Å². The summed E-state index contributed by atoms with van der Waals surface area (Å²) < 4.78 is 17.2. The lowest BCUT2D eigenvalue weighted by atomic mass is 9.96. The van der Waals surface area contributed by atoms with Gasteiger partial charge in [-0.3, -0.25) is 4.79 Å². The van der Waals surface area contributed by atoms with E-state index in [1.807, 2.05) is 18.2 Å². The maximum atomic E-state index is 14.2. The molecule has 4 rings (SSSR count). The molecule has 0 spiro atoms. The first-order valence-corrected chi connectivity index (χ1v) is 10.5. The molecule has 146 valence electrons. The minimum atomic E-state index is -0.482. The Labute approximate surface area is 172 Å². The average Bonchev–Trinajstić information content (AvgIpc) is 3.09. The SMILES string of the molecule is CC(C)n1c(C2CCCN(C(=O)c3cc(Br)ccc3F)C2)nc2ccccc21. The number of para-hydroxylation sites is 2. The van der Waals surface area contributed by atoms with Crippen LogP contribution in [-0.4, -0.2) is 33.4 Å². The monoisotopic (exact) mass is 443 g/mol. The number of amides is 1. The van der Waals surface area contributed by atoms with Crippen LogP contribution in [0.15, 0.2) is 46.9 Å². The number of likely N-dealkylation sites (tertiary alicyclic amines) is 1. The average molecular weight is 444 g/mol. The van der Waals surface area contributed by atoms with Crippen LogP contribution in [0.1, 0.15) is 54.8 Å². The van der Waals surface area contributed by atoms with Crippen molar-refractivity contribution in [1.29, 1.82) is 0 Å². The highest BCUT2D eigenvalue weighted by Gasteiger charge is 2.30. The zero-order valence-corrected chi connectivity index (χ0v) is 17.6. The number of hydrogen-bond donors (Lipinski definition) is 0. The summed E-state index contributed by atoms with van der Waals surface area (Å²) in [6.07, 6.45) is 1.86. The Morgan fingerprint density at radius 3 is 2.82 bits per heavy atom. The molecule has 28 heavy (non-hydrogen) atoms. The fraction of sp³-hybridized carbons (Fsp3) is 0.364. The van der Waals surface area contributed by atoms with Crippen LogP contribution in [0.2, 0.25) is 0 Å². The third kappa shape index (κ3) is 3.46. The quantitative estimate of drug-likeness (QED) is 0.532. The summed E-state index contributed by atoms with van der Waals surface area (Å²) in [5.74, 6) is 0.423. The topological polar surface area (TPSA) is 38.1 Å². The van der Waals surface area contributed by atoms with Gasteiger partial charge in [0.05, 0.1) is 16.6 Å². The Bertz CT molecular complexity index is 1030. The Hall–Kier alpha value is -2.21. The molecule has 2 heterocycles. The number of carbonyl (C=O) groups is 1. The fourth-order valence-electron chi connectivity index (χ4n) is 4.10. The number of nitrogens with zero attached hydrogens (tertiary/aromatic N) is 3. The molecule has 1 fully saturated rings. The maximum Gasteiger partial charge on any atom is 0.256 e. The van der Waals surface area contributed by atoms with Crippen molar-refractivity contribution in [2.45, 2.75) is 38.6 Å². The Morgan fingerprint density at radius 1 is 1.25 bits per heavy atom. The highest BCUT2D eigenvalue weighted by atomic mass is 79.9. The van der Waals surface area contributed by atoms with Crippen LogP contribution in [0, 0.1) is 5.82 Å². The minimum absolute atomic E-state index is 0.118. The maximum absolute atomic E-state index is 14.2. The lowest BCUT2D eigenvalue weighted by molar-refractivity contribution is 0.0698. The van der Waals surface area contributed by atoms with Gasteiger partial charge in [0, 0.05) is 29.5 Å². The van der Waals surface area contributed by atoms with E-state index in [1.54, 1.807) is 17.0 Å². The molecular weight excluding hydrogens is 421 g/mol. The van der Waals surface area contributed by atoms with E-state index < -0.39 is 5.82 Å². The van der Waals surface area contributed by atoms with Gasteiger partial charge in [-0.15, -0.1) is 0 Å². The van der Waals surface area contributed by atoms with Gasteiger partial charge in [0.25, 0.3) is 5.91 Å². The normalized spacial score (nSPS) is 17.5. The van der Waals surface area contributed by atoms with Gasteiger partial charge in [0.1, 0.15) is 11.6 Å². The zero-order valence-electron chi connectivity index (χ0n) is 16.0. The van der Waals surface area contributed by atoms with Gasteiger partial charge in [-0.1, -0.05) is 28.1 Å². The summed E-state index contributed by atoms with van der Waals surface area (Å²) in [4.78, 5) is 19.6. The molecule has 1 saturated heterocycles. The number of imidazole rings is 1. The number of aromatic nitrogens is 2. The van der Waals surface area contributed by atoms with Gasteiger partial charge in [0.15, 0.2) is 0 Å². The van der Waals surface area contributed by atoms with Crippen molar-refractivity contribution < 1.29 is 9.18 Å². The van der Waals surface area contributed by atoms with Crippen LogP contribution in [0.4, 0.5) is 4.39 Å². The van der Waals surface area contributed by atoms with Crippen LogP contribution < -0.4 is 0 Å². The molecule has 0 radical (unpaired) electrons. The molecule has 0 N–H and O–H groups in total. The first-order chi connectivity index (χ1) is 13.5. The molecular formula is C22H23BrFN3O. The Morgan fingerprint density at radius 2 is 2.04 bits per heavy atom. The van der Waals surface area contributed by atoms with E-state index in [9.17, 15) is 9.18 Å². The van der Waals surface area contributed by atoms with Gasteiger partial charge >= 0.3 is 0 Å². The second-order valence-electron chi connectivity index (χ2n) is 7.64. The molecule has 0 saturated carbocycles. The van der Waals surface area contributed by atoms with Crippen LogP contribution in [0.3, 0.4) is 0 Å². The van der Waals surface area contributed by atoms with E-state index in [-0.39, 0.29) is 23.4 Å². The van der Waals surface area contributed by atoms with E-state index in [4.69, 9.17) is 4.98 Å². The van der Waals surface area contributed by atoms with Crippen molar-refractivity contribution in [2.24, 2.45) is 0 Å². The number of rotatable bonds is 3. The van der Waals surface area contributed by atoms with Crippen LogP contribution in [0.25, 0.3) is 11.0 Å². The Kier molecular flexibility index (Phi) is 5.23. The zero-order chi connectivity index (χ0) is 19.8. The van der Waals surface area contributed by atoms with Crippen molar-refractivity contribution in [3.63, 3.8) is 0 Å². The number of piperidine rings is 1. The van der Waals surface area contributed by atoms with Crippen LogP contribution >= 0.6 is 15.9 Å². The van der Waals surface area contributed by atoms with Crippen molar-refractivity contribution in [3.05, 3.63) is 64.1 Å². The second-order valence-corrected chi connectivity index (χ2v) is 8.55. The third-order valence-electron chi connectivity index (χ3n) is 5.37. The Balaban J connectivity index is 1.66. The summed E-state index contributed by atoms with van der Waals surface area (Å²) in [6.45, 7) is 5.50. The van der Waals surface area contributed by atoms with Crippen molar-refractivity contribution in [1.82, 2.24) is 14.5 Å². The van der Waals surface area contributed by atoms with E-state index in [2.05, 4.69) is 40.4 Å². The number of halogens is 2. The van der Waals surface area contributed by atoms with E-state index in [0.717, 1.165) is 29.7 Å². The highest BCUT2D eigenvalue weighted by Crippen LogP contribution is 2.32. The van der Waals surface area contributed by atoms with E-state index in [0.29, 0.717) is 17.6 Å². The number of fused-ring (bicyclic) bond motifs is 1. The summed E-state index contributed by atoms with van der Waals surface area (Å²) >= 11 is 3.33. The molecule has 6 heteroatoms. The molecule has 4 nitrogen and oxygen atoms in total. The smallest absolute Gasteiger partial charge is 0.256 e. The van der Waals surface area contributed by atoms with Crippen molar-refractivity contribution >= 4 is 32.9 Å². The van der Waals surface area contributed by atoms with Gasteiger partial charge < -0.3 is 9.47 Å². The largest absolute Gasteiger partial charge is 0.338 e. The number of carbonyl (C=O) groups excluding carboxylic acids is 1. The lowest BCUT2D eigenvalue weighted by Crippen LogP contribution is -2.40. The predicted octanol–water partition coefficient (Wildman–Crippen LogP) is 5.54. The van der Waals surface area contributed by atoms with Crippen LogP contribution in [-0.2, 0) is 0 Å². The molecule has 2 aromatic carbocycles. The molecule has 1 unspecified atom stereocenters. The summed E-state index contributed by atoms with van der Waals surface area (Å²) in [5, 5.41) is 0. The van der Waals surface area contributed by atoms with E-state index >= 15 is 0 Å². The molecule has 1 aliphatic rings. The third-order valence-corrected chi connectivity index (χ3v) is 5.87. The summed E-state index contributed by atoms with van der Waals surface area (Å²) in [7, 11) is 0. The second kappa shape index (κ2) is 7.66. The lowest BCUT2D eigenvalue weighted by Gasteiger charge is -2.33. The fourth-order valence-corrected chi connectivity index (χ4v) is 4.46. The van der Waals surface area contributed by atoms with Gasteiger partial charge in [-0.2, -0.15) is 0 Å². The standard InChI is InChI=1S/C22H23BrFN3O/c1-14(2)27-20-8-4-3-7-19(20)25-21(27)15-6-5-11-26(13-15)22(28)17-12-16(23)9-10-18(17)24/h3-4,7-10,12,14-15H,5-6,11,13H2,1-2H3.